The average Bonchev–Trinajstić information content (AvgIpc) is 2.43. The van der Waals surface area contributed by atoms with Gasteiger partial charge in [-0.2, -0.15) is 0 Å². The quantitative estimate of drug-likeness (QED) is 0.851. The molecule has 0 aliphatic rings. The van der Waals surface area contributed by atoms with E-state index in [-0.39, 0.29) is 0 Å². The lowest BCUT2D eigenvalue weighted by molar-refractivity contribution is 0.425. The van der Waals surface area contributed by atoms with Gasteiger partial charge in [0.15, 0.2) is 0 Å². The monoisotopic (exact) mass is 325 g/mol. The van der Waals surface area contributed by atoms with E-state index in [1.165, 1.54) is 6.33 Å². The molecule has 0 spiro atoms. The number of anilines is 3. The molecular formula is C14H17Cl2N5. The van der Waals surface area contributed by atoms with Crippen molar-refractivity contribution in [2.24, 2.45) is 0 Å². The summed E-state index contributed by atoms with van der Waals surface area (Å²) in [6, 6.07) is 7.18. The van der Waals surface area contributed by atoms with Gasteiger partial charge in [0.25, 0.3) is 0 Å². The maximum atomic E-state index is 5.99. The van der Waals surface area contributed by atoms with Crippen LogP contribution in [0.1, 0.15) is 0 Å². The molecule has 7 heteroatoms. The summed E-state index contributed by atoms with van der Waals surface area (Å²) in [7, 11) is 4.05. The van der Waals surface area contributed by atoms with E-state index in [2.05, 4.69) is 25.5 Å². The van der Waals surface area contributed by atoms with Gasteiger partial charge in [-0.25, -0.2) is 9.97 Å². The summed E-state index contributed by atoms with van der Waals surface area (Å²) >= 11 is 11.9. The van der Waals surface area contributed by atoms with E-state index in [0.29, 0.717) is 15.9 Å². The number of hydrogen-bond donors (Lipinski definition) is 2. The van der Waals surface area contributed by atoms with Crippen LogP contribution in [0.4, 0.5) is 17.3 Å². The number of benzene rings is 1. The summed E-state index contributed by atoms with van der Waals surface area (Å²) in [4.78, 5) is 10.5. The van der Waals surface area contributed by atoms with Crippen molar-refractivity contribution in [2.45, 2.75) is 0 Å². The second-order valence-electron chi connectivity index (χ2n) is 4.77. The van der Waals surface area contributed by atoms with E-state index in [1.807, 2.05) is 26.2 Å². The van der Waals surface area contributed by atoms with Crippen LogP contribution >= 0.6 is 23.2 Å². The molecule has 0 radical (unpaired) electrons. The van der Waals surface area contributed by atoms with Crippen molar-refractivity contribution in [3.8, 4) is 0 Å². The molecule has 112 valence electrons. The van der Waals surface area contributed by atoms with Gasteiger partial charge < -0.3 is 15.5 Å². The number of hydrogen-bond acceptors (Lipinski definition) is 5. The van der Waals surface area contributed by atoms with Crippen molar-refractivity contribution in [3.63, 3.8) is 0 Å². The first-order chi connectivity index (χ1) is 10.0. The first-order valence-corrected chi connectivity index (χ1v) is 7.23. The van der Waals surface area contributed by atoms with E-state index in [1.54, 1.807) is 12.1 Å². The van der Waals surface area contributed by atoms with E-state index in [0.717, 1.165) is 24.6 Å². The minimum atomic E-state index is 0.500. The molecule has 0 aliphatic heterocycles. The summed E-state index contributed by atoms with van der Waals surface area (Å²) in [6.45, 7) is 1.75. The van der Waals surface area contributed by atoms with Gasteiger partial charge in [0.1, 0.15) is 18.0 Å². The van der Waals surface area contributed by atoms with Gasteiger partial charge in [-0.3, -0.25) is 0 Å². The van der Waals surface area contributed by atoms with E-state index >= 15 is 0 Å². The zero-order valence-corrected chi connectivity index (χ0v) is 13.4. The number of nitrogens with one attached hydrogen (secondary N) is 2. The highest BCUT2D eigenvalue weighted by molar-refractivity contribution is 6.42. The molecule has 0 saturated carbocycles. The van der Waals surface area contributed by atoms with Crippen LogP contribution < -0.4 is 10.6 Å². The fourth-order valence-electron chi connectivity index (χ4n) is 1.65. The molecule has 5 nitrogen and oxygen atoms in total. The lowest BCUT2D eigenvalue weighted by atomic mass is 10.3. The third-order valence-electron chi connectivity index (χ3n) is 2.72. The highest BCUT2D eigenvalue weighted by atomic mass is 35.5. The van der Waals surface area contributed by atoms with Crippen LogP contribution in [0.2, 0.25) is 10.0 Å². The summed E-state index contributed by atoms with van der Waals surface area (Å²) in [6.07, 6.45) is 1.51. The van der Waals surface area contributed by atoms with Crippen molar-refractivity contribution in [2.75, 3.05) is 37.8 Å². The summed E-state index contributed by atoms with van der Waals surface area (Å²) in [5.41, 5.74) is 0.822. The summed E-state index contributed by atoms with van der Waals surface area (Å²) in [5.74, 6) is 1.46. The standard InChI is InChI=1S/C14H17Cl2N5/c1-21(2)6-5-17-13-8-14(19-9-18-13)20-10-3-4-11(15)12(16)7-10/h3-4,7-9H,5-6H2,1-2H3,(H2,17,18,19,20). The Kier molecular flexibility index (Phi) is 5.61. The van der Waals surface area contributed by atoms with Crippen molar-refractivity contribution in [1.82, 2.24) is 14.9 Å². The van der Waals surface area contributed by atoms with E-state index in [9.17, 15) is 0 Å². The Morgan fingerprint density at radius 3 is 2.52 bits per heavy atom. The van der Waals surface area contributed by atoms with Crippen LogP contribution in [-0.2, 0) is 0 Å². The first kappa shape index (κ1) is 15.8. The molecule has 0 aliphatic carbocycles. The van der Waals surface area contributed by atoms with Crippen molar-refractivity contribution < 1.29 is 0 Å². The van der Waals surface area contributed by atoms with Gasteiger partial charge in [-0.05, 0) is 32.3 Å². The Balaban J connectivity index is 2.01. The van der Waals surface area contributed by atoms with Crippen LogP contribution in [-0.4, -0.2) is 42.1 Å². The van der Waals surface area contributed by atoms with Crippen LogP contribution in [0.3, 0.4) is 0 Å². The molecule has 2 N–H and O–H groups in total. The van der Waals surface area contributed by atoms with Gasteiger partial charge in [0.05, 0.1) is 10.0 Å². The van der Waals surface area contributed by atoms with Crippen LogP contribution in [0, 0.1) is 0 Å². The lowest BCUT2D eigenvalue weighted by Crippen LogP contribution is -2.21. The first-order valence-electron chi connectivity index (χ1n) is 6.47. The number of likely N-dealkylation sites (N-methyl/N-ethyl adjacent to an activating group) is 1. The zero-order chi connectivity index (χ0) is 15.2. The van der Waals surface area contributed by atoms with Gasteiger partial charge in [0, 0.05) is 24.8 Å². The van der Waals surface area contributed by atoms with E-state index in [4.69, 9.17) is 23.2 Å². The van der Waals surface area contributed by atoms with Gasteiger partial charge in [-0.15, -0.1) is 0 Å². The van der Waals surface area contributed by atoms with Crippen molar-refractivity contribution in [1.29, 1.82) is 0 Å². The predicted molar refractivity (Wildman–Crippen MR) is 88.8 cm³/mol. The Morgan fingerprint density at radius 1 is 1.05 bits per heavy atom. The second-order valence-corrected chi connectivity index (χ2v) is 5.59. The highest BCUT2D eigenvalue weighted by Crippen LogP contribution is 2.26. The fraction of sp³-hybridized carbons (Fsp3) is 0.286. The number of halogens is 2. The third kappa shape index (κ3) is 5.04. The second kappa shape index (κ2) is 7.45. The molecule has 0 bridgehead atoms. The maximum Gasteiger partial charge on any atom is 0.135 e. The molecule has 2 rings (SSSR count). The molecule has 1 aromatic heterocycles. The van der Waals surface area contributed by atoms with Crippen molar-refractivity contribution >= 4 is 40.5 Å². The Bertz CT molecular complexity index is 604. The fourth-order valence-corrected chi connectivity index (χ4v) is 1.95. The normalized spacial score (nSPS) is 10.7. The Morgan fingerprint density at radius 2 is 1.81 bits per heavy atom. The topological polar surface area (TPSA) is 53.1 Å². The molecule has 21 heavy (non-hydrogen) atoms. The highest BCUT2D eigenvalue weighted by Gasteiger charge is 2.02. The summed E-state index contributed by atoms with van der Waals surface area (Å²) in [5, 5.41) is 7.43. The lowest BCUT2D eigenvalue weighted by Gasteiger charge is -2.11. The molecule has 0 saturated heterocycles. The van der Waals surface area contributed by atoms with Gasteiger partial charge >= 0.3 is 0 Å². The average molecular weight is 326 g/mol. The maximum absolute atomic E-state index is 5.99. The molecule has 0 atom stereocenters. The molecule has 0 amide bonds. The SMILES string of the molecule is CN(C)CCNc1cc(Nc2ccc(Cl)c(Cl)c2)ncn1. The molecule has 0 fully saturated rings. The number of aromatic nitrogens is 2. The van der Waals surface area contributed by atoms with Crippen LogP contribution in [0.5, 0.6) is 0 Å². The van der Waals surface area contributed by atoms with Crippen LogP contribution in [0.15, 0.2) is 30.6 Å². The molecule has 2 aromatic rings. The molecule has 1 heterocycles. The summed E-state index contributed by atoms with van der Waals surface area (Å²) < 4.78 is 0. The number of nitrogens with zero attached hydrogens (tertiary/aromatic N) is 3. The van der Waals surface area contributed by atoms with Gasteiger partial charge in [-0.1, -0.05) is 23.2 Å². The largest absolute Gasteiger partial charge is 0.369 e. The third-order valence-corrected chi connectivity index (χ3v) is 3.46. The number of rotatable bonds is 6. The molecule has 0 unspecified atom stereocenters. The van der Waals surface area contributed by atoms with Gasteiger partial charge in [0.2, 0.25) is 0 Å². The molecule has 1 aromatic carbocycles. The molecular weight excluding hydrogens is 309 g/mol. The minimum Gasteiger partial charge on any atom is -0.369 e. The zero-order valence-electron chi connectivity index (χ0n) is 11.9. The Hall–Kier alpha value is -1.56. The smallest absolute Gasteiger partial charge is 0.135 e. The minimum absolute atomic E-state index is 0.500. The Labute approximate surface area is 134 Å². The van der Waals surface area contributed by atoms with Crippen LogP contribution in [0.25, 0.3) is 0 Å². The van der Waals surface area contributed by atoms with Crippen molar-refractivity contribution in [3.05, 3.63) is 40.6 Å². The van der Waals surface area contributed by atoms with E-state index < -0.39 is 0 Å². The predicted octanol–water partition coefficient (Wildman–Crippen LogP) is 3.50.